The minimum Gasteiger partial charge on any atom is -0.493 e. The summed E-state index contributed by atoms with van der Waals surface area (Å²) in [5, 5.41) is 1.35. The number of amides is 1. The molecule has 0 aliphatic carbocycles. The summed E-state index contributed by atoms with van der Waals surface area (Å²) >= 11 is 7.62. The maximum atomic E-state index is 13.2. The highest BCUT2D eigenvalue weighted by Crippen LogP contribution is 2.38. The van der Waals surface area contributed by atoms with E-state index in [-0.39, 0.29) is 11.9 Å². The first kappa shape index (κ1) is 22.3. The summed E-state index contributed by atoms with van der Waals surface area (Å²) in [6.07, 6.45) is 0.822. The number of halogens is 1. The molecular weight excluding hydrogens is 424 g/mol. The van der Waals surface area contributed by atoms with E-state index in [1.807, 2.05) is 31.2 Å². The van der Waals surface area contributed by atoms with Crippen LogP contribution in [0.4, 0.5) is 5.69 Å². The van der Waals surface area contributed by atoms with E-state index in [0.29, 0.717) is 35.1 Å². The molecule has 160 valence electrons. The Bertz CT molecular complexity index is 908. The molecule has 0 spiro atoms. The van der Waals surface area contributed by atoms with Crippen molar-refractivity contribution in [3.8, 4) is 17.2 Å². The van der Waals surface area contributed by atoms with Crippen molar-refractivity contribution in [2.45, 2.75) is 25.8 Å². The Balaban J connectivity index is 1.83. The lowest BCUT2D eigenvalue weighted by atomic mass is 10.1. The van der Waals surface area contributed by atoms with Gasteiger partial charge in [-0.25, -0.2) is 0 Å². The van der Waals surface area contributed by atoms with Crippen LogP contribution in [-0.4, -0.2) is 44.2 Å². The lowest BCUT2D eigenvalue weighted by Gasteiger charge is -2.22. The predicted octanol–water partition coefficient (Wildman–Crippen LogP) is 4.82. The molecule has 0 fully saturated rings. The zero-order valence-corrected chi connectivity index (χ0v) is 19.0. The molecule has 1 aliphatic heterocycles. The van der Waals surface area contributed by atoms with Crippen LogP contribution in [0, 0.1) is 0 Å². The molecule has 3 rings (SSSR count). The van der Waals surface area contributed by atoms with Crippen LogP contribution in [0.2, 0.25) is 5.02 Å². The second-order valence-corrected chi connectivity index (χ2v) is 8.23. The number of anilines is 1. The van der Waals surface area contributed by atoms with E-state index >= 15 is 0 Å². The van der Waals surface area contributed by atoms with Gasteiger partial charge in [-0.05, 0) is 55.3 Å². The Labute approximate surface area is 186 Å². The van der Waals surface area contributed by atoms with Crippen molar-refractivity contribution in [1.82, 2.24) is 0 Å². The highest BCUT2D eigenvalue weighted by atomic mass is 35.5. The number of methoxy groups -OCH3 is 3. The van der Waals surface area contributed by atoms with Crippen LogP contribution in [0.15, 0.2) is 41.4 Å². The summed E-state index contributed by atoms with van der Waals surface area (Å²) in [7, 11) is 4.71. The largest absolute Gasteiger partial charge is 0.493 e. The van der Waals surface area contributed by atoms with Gasteiger partial charge in [0, 0.05) is 17.2 Å². The minimum atomic E-state index is -0.0357. The predicted molar refractivity (Wildman–Crippen MR) is 123 cm³/mol. The molecule has 0 unspecified atom stereocenters. The highest BCUT2D eigenvalue weighted by molar-refractivity contribution is 8.14. The number of aliphatic imine (C=N–C) groups is 1. The van der Waals surface area contributed by atoms with Crippen molar-refractivity contribution in [3.05, 3.63) is 47.0 Å². The molecule has 0 bridgehead atoms. The summed E-state index contributed by atoms with van der Waals surface area (Å²) in [5.74, 6) is 2.49. The Morgan fingerprint density at radius 2 is 1.77 bits per heavy atom. The third-order valence-corrected chi connectivity index (χ3v) is 6.11. The monoisotopic (exact) mass is 448 g/mol. The molecule has 1 atom stereocenters. The van der Waals surface area contributed by atoms with Crippen LogP contribution in [0.25, 0.3) is 0 Å². The van der Waals surface area contributed by atoms with Crippen molar-refractivity contribution in [2.75, 3.05) is 32.0 Å². The second-order valence-electron chi connectivity index (χ2n) is 6.81. The molecule has 30 heavy (non-hydrogen) atoms. The normalized spacial score (nSPS) is 15.5. The van der Waals surface area contributed by atoms with E-state index in [1.165, 1.54) is 0 Å². The zero-order valence-electron chi connectivity index (χ0n) is 17.5. The topological polar surface area (TPSA) is 60.4 Å². The van der Waals surface area contributed by atoms with Crippen LogP contribution in [0.1, 0.15) is 18.9 Å². The molecule has 2 aromatic carbocycles. The summed E-state index contributed by atoms with van der Waals surface area (Å²) in [6.45, 7) is 2.04. The number of carbonyl (C=O) groups excluding carboxylic acids is 1. The number of aryl methyl sites for hydroxylation is 1. The molecule has 6 nitrogen and oxygen atoms in total. The fourth-order valence-electron chi connectivity index (χ4n) is 3.17. The lowest BCUT2D eigenvalue weighted by molar-refractivity contribution is -0.117. The fraction of sp³-hybridized carbons (Fsp3) is 0.364. The first-order valence-corrected chi connectivity index (χ1v) is 10.9. The average molecular weight is 449 g/mol. The third-order valence-electron chi connectivity index (χ3n) is 4.66. The quantitative estimate of drug-likeness (QED) is 0.607. The number of hydrogen-bond donors (Lipinski definition) is 0. The average Bonchev–Trinajstić information content (AvgIpc) is 3.18. The molecule has 1 amide bonds. The number of benzene rings is 2. The summed E-state index contributed by atoms with van der Waals surface area (Å²) in [6, 6.07) is 11.1. The standard InChI is InChI=1S/C22H25ClN2O4S/c1-14-13-30-22(24-14)25(17-8-6-16(23)7-9-17)20(26)10-5-15-11-18(27-2)21(29-4)19(12-15)28-3/h6-9,11-12,14H,5,10,13H2,1-4H3/t14-/m1/s1. The number of rotatable bonds is 7. The van der Waals surface area contributed by atoms with E-state index in [1.54, 1.807) is 50.1 Å². The van der Waals surface area contributed by atoms with Gasteiger partial charge in [0.2, 0.25) is 11.7 Å². The number of carbonyl (C=O) groups is 1. The van der Waals surface area contributed by atoms with E-state index in [4.69, 9.17) is 25.8 Å². The van der Waals surface area contributed by atoms with Gasteiger partial charge in [0.25, 0.3) is 0 Å². The summed E-state index contributed by atoms with van der Waals surface area (Å²) in [5.41, 5.74) is 1.68. The Kier molecular flexibility index (Phi) is 7.50. The van der Waals surface area contributed by atoms with Gasteiger partial charge in [0.05, 0.1) is 33.1 Å². The van der Waals surface area contributed by atoms with Gasteiger partial charge in [0.15, 0.2) is 16.7 Å². The van der Waals surface area contributed by atoms with Crippen molar-refractivity contribution in [2.24, 2.45) is 4.99 Å². The lowest BCUT2D eigenvalue weighted by Crippen LogP contribution is -2.34. The molecule has 0 saturated carbocycles. The van der Waals surface area contributed by atoms with Crippen LogP contribution < -0.4 is 19.1 Å². The van der Waals surface area contributed by atoms with E-state index < -0.39 is 0 Å². The SMILES string of the molecule is COc1cc(CCC(=O)N(C2=N[C@H](C)CS2)c2ccc(Cl)cc2)cc(OC)c1OC. The van der Waals surface area contributed by atoms with Crippen LogP contribution in [-0.2, 0) is 11.2 Å². The zero-order chi connectivity index (χ0) is 21.7. The van der Waals surface area contributed by atoms with E-state index in [9.17, 15) is 4.79 Å². The van der Waals surface area contributed by atoms with Crippen LogP contribution >= 0.6 is 23.4 Å². The minimum absolute atomic E-state index is 0.0357. The Morgan fingerprint density at radius 1 is 1.13 bits per heavy atom. The second kappa shape index (κ2) is 10.1. The van der Waals surface area contributed by atoms with Gasteiger partial charge in [-0.3, -0.25) is 14.7 Å². The van der Waals surface area contributed by atoms with Gasteiger partial charge in [-0.15, -0.1) is 0 Å². The van der Waals surface area contributed by atoms with Crippen molar-refractivity contribution >= 4 is 40.1 Å². The fourth-order valence-corrected chi connectivity index (χ4v) is 4.36. The smallest absolute Gasteiger partial charge is 0.233 e. The molecule has 0 radical (unpaired) electrons. The van der Waals surface area contributed by atoms with Gasteiger partial charge in [0.1, 0.15) is 0 Å². The highest BCUT2D eigenvalue weighted by Gasteiger charge is 2.26. The molecular formula is C22H25ClN2O4S. The van der Waals surface area contributed by atoms with Gasteiger partial charge in [-0.1, -0.05) is 23.4 Å². The van der Waals surface area contributed by atoms with Crippen LogP contribution in [0.3, 0.4) is 0 Å². The number of hydrogen-bond acceptors (Lipinski definition) is 6. The van der Waals surface area contributed by atoms with Gasteiger partial charge >= 0.3 is 0 Å². The number of amidine groups is 1. The molecule has 1 aliphatic rings. The van der Waals surface area contributed by atoms with Crippen molar-refractivity contribution in [1.29, 1.82) is 0 Å². The third kappa shape index (κ3) is 5.02. The Hall–Kier alpha value is -2.38. The first-order valence-electron chi connectivity index (χ1n) is 9.54. The molecule has 0 saturated heterocycles. The molecule has 1 heterocycles. The number of nitrogens with zero attached hydrogens (tertiary/aromatic N) is 2. The van der Waals surface area contributed by atoms with Crippen molar-refractivity contribution in [3.63, 3.8) is 0 Å². The first-order chi connectivity index (χ1) is 14.5. The van der Waals surface area contributed by atoms with Gasteiger partial charge < -0.3 is 14.2 Å². The molecule has 0 aromatic heterocycles. The molecule has 2 aromatic rings. The van der Waals surface area contributed by atoms with Crippen molar-refractivity contribution < 1.29 is 19.0 Å². The maximum Gasteiger partial charge on any atom is 0.233 e. The number of ether oxygens (including phenoxy) is 3. The summed E-state index contributed by atoms with van der Waals surface area (Å²) in [4.78, 5) is 19.6. The molecule has 8 heteroatoms. The van der Waals surface area contributed by atoms with E-state index in [0.717, 1.165) is 22.2 Å². The van der Waals surface area contributed by atoms with Crippen LogP contribution in [0.5, 0.6) is 17.2 Å². The Morgan fingerprint density at radius 3 is 2.27 bits per heavy atom. The van der Waals surface area contributed by atoms with Gasteiger partial charge in [-0.2, -0.15) is 0 Å². The summed E-state index contributed by atoms with van der Waals surface area (Å²) < 4.78 is 16.2. The van der Waals surface area contributed by atoms with E-state index in [2.05, 4.69) is 4.99 Å². The number of thioether (sulfide) groups is 1. The molecule has 0 N–H and O–H groups in total. The maximum absolute atomic E-state index is 13.2.